The van der Waals surface area contributed by atoms with Crippen LogP contribution in [0.25, 0.3) is 0 Å². The molecular weight excluding hydrogens is 364 g/mol. The Morgan fingerprint density at radius 2 is 1.63 bits per heavy atom. The summed E-state index contributed by atoms with van der Waals surface area (Å²) in [5, 5.41) is 2.62. The number of rotatable bonds is 6. The van der Waals surface area contributed by atoms with Gasteiger partial charge in [-0.15, -0.1) is 0 Å². The molecule has 6 nitrogen and oxygen atoms in total. The number of nitrogens with zero attached hydrogens (tertiary/aromatic N) is 1. The lowest BCUT2D eigenvalue weighted by atomic mass is 10.3. The summed E-state index contributed by atoms with van der Waals surface area (Å²) in [5.41, 5.74) is 1.11. The summed E-state index contributed by atoms with van der Waals surface area (Å²) in [5.74, 6) is 0.554. The maximum Gasteiger partial charge on any atom is 0.264 e. The lowest BCUT2D eigenvalue weighted by Gasteiger charge is -2.20. The fourth-order valence-corrected chi connectivity index (χ4v) is 4.34. The van der Waals surface area contributed by atoms with Crippen molar-refractivity contribution in [3.8, 4) is 5.75 Å². The van der Waals surface area contributed by atoms with Crippen molar-refractivity contribution in [1.29, 1.82) is 0 Å². The Hall–Kier alpha value is -2.54. The highest BCUT2D eigenvalue weighted by Gasteiger charge is 2.22. The van der Waals surface area contributed by atoms with E-state index in [1.807, 2.05) is 0 Å². The summed E-state index contributed by atoms with van der Waals surface area (Å²) in [6.07, 6.45) is 4.81. The molecule has 1 fully saturated rings. The number of carbonyl (C=O) groups excluding carboxylic acids is 1. The van der Waals surface area contributed by atoms with E-state index < -0.39 is 10.0 Å². The molecule has 7 heteroatoms. The summed E-state index contributed by atoms with van der Waals surface area (Å²) in [4.78, 5) is 11.2. The Morgan fingerprint density at radius 1 is 1.04 bits per heavy atom. The summed E-state index contributed by atoms with van der Waals surface area (Å²) < 4.78 is 32.8. The molecule has 0 saturated heterocycles. The van der Waals surface area contributed by atoms with Gasteiger partial charge in [-0.3, -0.25) is 9.10 Å². The van der Waals surface area contributed by atoms with Crippen LogP contribution in [0.15, 0.2) is 53.4 Å². The van der Waals surface area contributed by atoms with Gasteiger partial charge >= 0.3 is 0 Å². The molecule has 144 valence electrons. The van der Waals surface area contributed by atoms with Crippen LogP contribution in [0.4, 0.5) is 11.4 Å². The minimum atomic E-state index is -3.69. The number of amides is 1. The first-order chi connectivity index (χ1) is 12.9. The summed E-state index contributed by atoms with van der Waals surface area (Å²) in [7, 11) is -2.17. The van der Waals surface area contributed by atoms with E-state index in [1.165, 1.54) is 43.3 Å². The first-order valence-corrected chi connectivity index (χ1v) is 10.4. The molecule has 1 amide bonds. The van der Waals surface area contributed by atoms with Gasteiger partial charge in [0.15, 0.2) is 0 Å². The van der Waals surface area contributed by atoms with E-state index >= 15 is 0 Å². The molecule has 1 aliphatic rings. The average molecular weight is 388 g/mol. The standard InChI is InChI=1S/C20H24N2O4S/c1-15(23)21-16-7-13-20(14-8-16)27(24,25)22(2)17-9-11-19(12-10-17)26-18-5-3-4-6-18/h7-14,18H,3-6H2,1-2H3,(H,21,23). The van der Waals surface area contributed by atoms with Crippen molar-refractivity contribution in [3.63, 3.8) is 0 Å². The number of benzene rings is 2. The zero-order valence-electron chi connectivity index (χ0n) is 15.5. The van der Waals surface area contributed by atoms with Crippen molar-refractivity contribution in [2.45, 2.75) is 43.6 Å². The number of hydrogen-bond donors (Lipinski definition) is 1. The van der Waals surface area contributed by atoms with Crippen LogP contribution >= 0.6 is 0 Å². The van der Waals surface area contributed by atoms with E-state index in [2.05, 4.69) is 5.32 Å². The first kappa shape index (κ1) is 19.2. The Labute approximate surface area is 160 Å². The molecule has 0 bridgehead atoms. The monoisotopic (exact) mass is 388 g/mol. The predicted molar refractivity (Wildman–Crippen MR) is 106 cm³/mol. The van der Waals surface area contributed by atoms with Crippen LogP contribution < -0.4 is 14.4 Å². The molecule has 2 aromatic rings. The SMILES string of the molecule is CC(=O)Nc1ccc(S(=O)(=O)N(C)c2ccc(OC3CCCC3)cc2)cc1. The molecule has 0 radical (unpaired) electrons. The van der Waals surface area contributed by atoms with Gasteiger partial charge in [-0.2, -0.15) is 0 Å². The number of sulfonamides is 1. The molecule has 1 N–H and O–H groups in total. The molecule has 1 aliphatic carbocycles. The third-order valence-corrected chi connectivity index (χ3v) is 6.44. The highest BCUT2D eigenvalue weighted by molar-refractivity contribution is 7.92. The number of hydrogen-bond acceptors (Lipinski definition) is 4. The van der Waals surface area contributed by atoms with Gasteiger partial charge in [0.05, 0.1) is 16.7 Å². The van der Waals surface area contributed by atoms with E-state index in [-0.39, 0.29) is 16.9 Å². The van der Waals surface area contributed by atoms with Gasteiger partial charge in [0.1, 0.15) is 5.75 Å². The third kappa shape index (κ3) is 4.60. The Kier molecular flexibility index (Phi) is 5.70. The van der Waals surface area contributed by atoms with Crippen molar-refractivity contribution >= 4 is 27.3 Å². The Balaban J connectivity index is 1.73. The van der Waals surface area contributed by atoms with Crippen molar-refractivity contribution in [2.24, 2.45) is 0 Å². The number of carbonyl (C=O) groups is 1. The summed E-state index contributed by atoms with van der Waals surface area (Å²) in [6, 6.07) is 13.2. The predicted octanol–water partition coefficient (Wildman–Crippen LogP) is 3.79. The maximum absolute atomic E-state index is 12.8. The van der Waals surface area contributed by atoms with Crippen molar-refractivity contribution < 1.29 is 17.9 Å². The van der Waals surface area contributed by atoms with Gasteiger partial charge in [0.2, 0.25) is 5.91 Å². The van der Waals surface area contributed by atoms with Crippen LogP contribution in [0.2, 0.25) is 0 Å². The number of nitrogens with one attached hydrogen (secondary N) is 1. The normalized spacial score (nSPS) is 14.7. The molecule has 0 unspecified atom stereocenters. The molecule has 0 aliphatic heterocycles. The average Bonchev–Trinajstić information content (AvgIpc) is 3.15. The van der Waals surface area contributed by atoms with Crippen molar-refractivity contribution in [2.75, 3.05) is 16.7 Å². The first-order valence-electron chi connectivity index (χ1n) is 8.99. The van der Waals surface area contributed by atoms with E-state index in [4.69, 9.17) is 4.74 Å². The highest BCUT2D eigenvalue weighted by Crippen LogP contribution is 2.28. The van der Waals surface area contributed by atoms with Crippen molar-refractivity contribution in [1.82, 2.24) is 0 Å². The summed E-state index contributed by atoms with van der Waals surface area (Å²) in [6.45, 7) is 1.40. The molecule has 2 aromatic carbocycles. The third-order valence-electron chi connectivity index (χ3n) is 4.64. The van der Waals surface area contributed by atoms with Crippen LogP contribution in [-0.4, -0.2) is 27.5 Å². The lowest BCUT2D eigenvalue weighted by Crippen LogP contribution is -2.26. The van der Waals surface area contributed by atoms with Crippen molar-refractivity contribution in [3.05, 3.63) is 48.5 Å². The molecule has 0 atom stereocenters. The second-order valence-corrected chi connectivity index (χ2v) is 8.67. The number of anilines is 2. The van der Waals surface area contributed by atoms with Gasteiger partial charge in [-0.25, -0.2) is 8.42 Å². The van der Waals surface area contributed by atoms with Gasteiger partial charge in [-0.05, 0) is 74.2 Å². The molecule has 3 rings (SSSR count). The topological polar surface area (TPSA) is 75.7 Å². The molecule has 27 heavy (non-hydrogen) atoms. The molecule has 0 aromatic heterocycles. The van der Waals surface area contributed by atoms with Crippen LogP contribution in [0.3, 0.4) is 0 Å². The Morgan fingerprint density at radius 3 is 2.19 bits per heavy atom. The molecular formula is C20H24N2O4S. The molecule has 0 heterocycles. The quantitative estimate of drug-likeness (QED) is 0.817. The van der Waals surface area contributed by atoms with Crippen LogP contribution in [0.1, 0.15) is 32.6 Å². The van der Waals surface area contributed by atoms with Gasteiger partial charge in [-0.1, -0.05) is 0 Å². The zero-order chi connectivity index (χ0) is 19.4. The zero-order valence-corrected chi connectivity index (χ0v) is 16.3. The van der Waals surface area contributed by atoms with E-state index in [0.29, 0.717) is 11.4 Å². The fraction of sp³-hybridized carbons (Fsp3) is 0.350. The van der Waals surface area contributed by atoms with E-state index in [0.717, 1.165) is 18.6 Å². The summed E-state index contributed by atoms with van der Waals surface area (Å²) >= 11 is 0. The fourth-order valence-electron chi connectivity index (χ4n) is 3.14. The maximum atomic E-state index is 12.8. The van der Waals surface area contributed by atoms with Crippen LogP contribution in [0, 0.1) is 0 Å². The van der Waals surface area contributed by atoms with Gasteiger partial charge in [0, 0.05) is 19.7 Å². The van der Waals surface area contributed by atoms with E-state index in [1.54, 1.807) is 36.4 Å². The van der Waals surface area contributed by atoms with E-state index in [9.17, 15) is 13.2 Å². The van der Waals surface area contributed by atoms with Crippen LogP contribution in [-0.2, 0) is 14.8 Å². The Bertz CT molecular complexity index is 887. The smallest absolute Gasteiger partial charge is 0.264 e. The minimum Gasteiger partial charge on any atom is -0.490 e. The second-order valence-electron chi connectivity index (χ2n) is 6.70. The van der Waals surface area contributed by atoms with Gasteiger partial charge < -0.3 is 10.1 Å². The lowest BCUT2D eigenvalue weighted by molar-refractivity contribution is -0.114. The second kappa shape index (κ2) is 8.00. The van der Waals surface area contributed by atoms with Crippen LogP contribution in [0.5, 0.6) is 5.75 Å². The minimum absolute atomic E-state index is 0.158. The largest absolute Gasteiger partial charge is 0.490 e. The van der Waals surface area contributed by atoms with Gasteiger partial charge in [0.25, 0.3) is 10.0 Å². The highest BCUT2D eigenvalue weighted by atomic mass is 32.2. The molecule has 0 spiro atoms. The number of ether oxygens (including phenoxy) is 1. The molecule has 1 saturated carbocycles.